The lowest BCUT2D eigenvalue weighted by atomic mass is 10.1. The van der Waals surface area contributed by atoms with Crippen molar-refractivity contribution in [2.75, 3.05) is 31.5 Å². The van der Waals surface area contributed by atoms with Crippen molar-refractivity contribution < 1.29 is 18.0 Å². The van der Waals surface area contributed by atoms with Crippen LogP contribution in [0.15, 0.2) is 54.6 Å². The van der Waals surface area contributed by atoms with Crippen LogP contribution in [-0.4, -0.2) is 62.7 Å². The van der Waals surface area contributed by atoms with E-state index in [9.17, 15) is 18.0 Å². The fraction of sp³-hybridized carbons (Fsp3) is 0.391. The third kappa shape index (κ3) is 6.30. The molecular formula is C23H32N4O4S. The van der Waals surface area contributed by atoms with Crippen molar-refractivity contribution >= 4 is 27.7 Å². The largest absolute Gasteiger partial charge is 0.355 e. The molecule has 174 valence electrons. The summed E-state index contributed by atoms with van der Waals surface area (Å²) >= 11 is 0. The molecule has 0 saturated heterocycles. The predicted molar refractivity (Wildman–Crippen MR) is 126 cm³/mol. The van der Waals surface area contributed by atoms with Crippen LogP contribution in [0.25, 0.3) is 0 Å². The molecule has 0 saturated carbocycles. The molecule has 0 heterocycles. The lowest BCUT2D eigenvalue weighted by Gasteiger charge is -2.32. The number of carbonyl (C=O) groups is 2. The molecule has 1 N–H and O–H groups in total. The second-order valence-corrected chi connectivity index (χ2v) is 9.78. The van der Waals surface area contributed by atoms with Gasteiger partial charge in [-0.25, -0.2) is 4.31 Å². The van der Waals surface area contributed by atoms with E-state index in [-0.39, 0.29) is 12.5 Å². The summed E-state index contributed by atoms with van der Waals surface area (Å²) in [5.41, 5.74) is 2.26. The van der Waals surface area contributed by atoms with Crippen LogP contribution in [0, 0.1) is 6.92 Å². The minimum absolute atomic E-state index is 0.184. The van der Waals surface area contributed by atoms with E-state index in [2.05, 4.69) is 5.32 Å². The summed E-state index contributed by atoms with van der Waals surface area (Å²) in [7, 11) is -1.11. The number of para-hydroxylation sites is 1. The smallest absolute Gasteiger partial charge is 0.304 e. The molecule has 2 amide bonds. The Bertz CT molecular complexity index is 1030. The quantitative estimate of drug-likeness (QED) is 0.588. The summed E-state index contributed by atoms with van der Waals surface area (Å²) in [6, 6.07) is 15.3. The fourth-order valence-corrected chi connectivity index (χ4v) is 4.28. The minimum atomic E-state index is -3.94. The van der Waals surface area contributed by atoms with Crippen molar-refractivity contribution in [1.82, 2.24) is 14.5 Å². The molecule has 0 aliphatic heterocycles. The number of rotatable bonds is 10. The zero-order chi connectivity index (χ0) is 23.9. The molecule has 1 atom stereocenters. The number of benzene rings is 2. The van der Waals surface area contributed by atoms with E-state index in [0.717, 1.165) is 19.7 Å². The van der Waals surface area contributed by atoms with Gasteiger partial charge in [-0.05, 0) is 38.5 Å². The summed E-state index contributed by atoms with van der Waals surface area (Å²) in [6.07, 6.45) is 0. The lowest BCUT2D eigenvalue weighted by molar-refractivity contribution is -0.139. The Kier molecular flexibility index (Phi) is 8.80. The van der Waals surface area contributed by atoms with Gasteiger partial charge in [0.15, 0.2) is 0 Å². The van der Waals surface area contributed by atoms with Crippen LogP contribution in [0.5, 0.6) is 0 Å². The molecule has 2 aromatic rings. The van der Waals surface area contributed by atoms with Crippen LogP contribution in [0.2, 0.25) is 0 Å². The molecule has 0 aliphatic rings. The van der Waals surface area contributed by atoms with E-state index in [1.54, 1.807) is 44.2 Å². The average Bonchev–Trinajstić information content (AvgIpc) is 2.75. The van der Waals surface area contributed by atoms with Gasteiger partial charge in [0.2, 0.25) is 11.8 Å². The summed E-state index contributed by atoms with van der Waals surface area (Å²) in [6.45, 7) is 5.58. The van der Waals surface area contributed by atoms with Crippen LogP contribution in [-0.2, 0) is 26.3 Å². The zero-order valence-corrected chi connectivity index (χ0v) is 20.1. The van der Waals surface area contributed by atoms with E-state index in [1.807, 2.05) is 31.2 Å². The van der Waals surface area contributed by atoms with Crippen molar-refractivity contribution in [1.29, 1.82) is 0 Å². The average molecular weight is 461 g/mol. The van der Waals surface area contributed by atoms with E-state index in [4.69, 9.17) is 0 Å². The Morgan fingerprint density at radius 1 is 1.03 bits per heavy atom. The second-order valence-electron chi connectivity index (χ2n) is 7.71. The number of amides is 2. The Balaban J connectivity index is 2.42. The van der Waals surface area contributed by atoms with E-state index >= 15 is 0 Å². The molecule has 9 heteroatoms. The van der Waals surface area contributed by atoms with Crippen molar-refractivity contribution in [3.63, 3.8) is 0 Å². The van der Waals surface area contributed by atoms with Gasteiger partial charge in [-0.1, -0.05) is 48.0 Å². The number of hydrogen-bond acceptors (Lipinski definition) is 4. The fourth-order valence-electron chi connectivity index (χ4n) is 3.22. The number of anilines is 1. The normalized spacial score (nSPS) is 12.3. The van der Waals surface area contributed by atoms with Crippen molar-refractivity contribution in [2.24, 2.45) is 0 Å². The Labute approximate surface area is 191 Å². The molecule has 0 aliphatic carbocycles. The molecule has 2 rings (SSSR count). The van der Waals surface area contributed by atoms with Gasteiger partial charge < -0.3 is 10.2 Å². The van der Waals surface area contributed by atoms with Crippen molar-refractivity contribution in [3.8, 4) is 0 Å². The lowest BCUT2D eigenvalue weighted by Crippen LogP contribution is -2.52. The first-order valence-corrected chi connectivity index (χ1v) is 11.9. The number of hydrogen-bond donors (Lipinski definition) is 1. The SMILES string of the molecule is CCNC(=O)C(C)N(Cc1cccc(C)c1)C(=O)CN(c1ccccc1)S(=O)(=O)N(C)C. The van der Waals surface area contributed by atoms with Gasteiger partial charge >= 0.3 is 10.2 Å². The van der Waals surface area contributed by atoms with Crippen LogP contribution >= 0.6 is 0 Å². The minimum Gasteiger partial charge on any atom is -0.355 e. The molecule has 32 heavy (non-hydrogen) atoms. The topological polar surface area (TPSA) is 90.0 Å². The Morgan fingerprint density at radius 2 is 1.69 bits per heavy atom. The van der Waals surface area contributed by atoms with Gasteiger partial charge in [0.25, 0.3) is 0 Å². The molecule has 0 radical (unpaired) electrons. The summed E-state index contributed by atoms with van der Waals surface area (Å²) in [5.74, 6) is -0.769. The highest BCUT2D eigenvalue weighted by Gasteiger charge is 2.32. The number of nitrogens with one attached hydrogen (secondary N) is 1. The van der Waals surface area contributed by atoms with Gasteiger partial charge in [0.1, 0.15) is 12.6 Å². The van der Waals surface area contributed by atoms with Gasteiger partial charge in [-0.15, -0.1) is 0 Å². The van der Waals surface area contributed by atoms with Crippen molar-refractivity contribution in [2.45, 2.75) is 33.4 Å². The number of likely N-dealkylation sites (N-methyl/N-ethyl adjacent to an activating group) is 1. The van der Waals surface area contributed by atoms with Gasteiger partial charge in [0, 0.05) is 27.2 Å². The Morgan fingerprint density at radius 3 is 2.25 bits per heavy atom. The summed E-state index contributed by atoms with van der Waals surface area (Å²) in [5, 5.41) is 2.74. The second kappa shape index (κ2) is 11.1. The first-order valence-electron chi connectivity index (χ1n) is 10.5. The van der Waals surface area contributed by atoms with Crippen LogP contribution in [0.3, 0.4) is 0 Å². The predicted octanol–water partition coefficient (Wildman–Crippen LogP) is 2.16. The maximum Gasteiger partial charge on any atom is 0.304 e. The third-order valence-electron chi connectivity index (χ3n) is 5.02. The molecule has 0 aromatic heterocycles. The summed E-state index contributed by atoms with van der Waals surface area (Å²) in [4.78, 5) is 27.4. The van der Waals surface area contributed by atoms with Crippen molar-refractivity contribution in [3.05, 3.63) is 65.7 Å². The molecule has 0 spiro atoms. The van der Waals surface area contributed by atoms with Crippen LogP contribution < -0.4 is 9.62 Å². The highest BCUT2D eigenvalue weighted by Crippen LogP contribution is 2.20. The zero-order valence-electron chi connectivity index (χ0n) is 19.3. The monoisotopic (exact) mass is 460 g/mol. The number of aryl methyl sites for hydroxylation is 1. The molecule has 1 unspecified atom stereocenters. The van der Waals surface area contributed by atoms with E-state index in [0.29, 0.717) is 12.2 Å². The first-order chi connectivity index (χ1) is 15.1. The van der Waals surface area contributed by atoms with Crippen LogP contribution in [0.1, 0.15) is 25.0 Å². The highest BCUT2D eigenvalue weighted by atomic mass is 32.2. The van der Waals surface area contributed by atoms with E-state index < -0.39 is 28.7 Å². The molecule has 0 bridgehead atoms. The van der Waals surface area contributed by atoms with Gasteiger partial charge in [-0.3, -0.25) is 9.59 Å². The third-order valence-corrected chi connectivity index (χ3v) is 6.84. The highest BCUT2D eigenvalue weighted by molar-refractivity contribution is 7.90. The Hall–Kier alpha value is -2.91. The van der Waals surface area contributed by atoms with Crippen LogP contribution in [0.4, 0.5) is 5.69 Å². The molecular weight excluding hydrogens is 428 g/mol. The first kappa shape index (κ1) is 25.4. The van der Waals surface area contributed by atoms with Gasteiger partial charge in [0.05, 0.1) is 5.69 Å². The van der Waals surface area contributed by atoms with E-state index in [1.165, 1.54) is 19.0 Å². The maximum absolute atomic E-state index is 13.5. The maximum atomic E-state index is 13.5. The standard InChI is InChI=1S/C23H32N4O4S/c1-6-24-23(29)19(3)26(16-20-12-10-11-18(2)15-20)22(28)17-27(32(30,31)25(4)5)21-13-8-7-9-14-21/h7-15,19H,6,16-17H2,1-5H3,(H,24,29). The number of carbonyl (C=O) groups excluding carboxylic acids is 2. The molecule has 0 fully saturated rings. The van der Waals surface area contributed by atoms with Gasteiger partial charge in [-0.2, -0.15) is 12.7 Å². The number of nitrogens with zero attached hydrogens (tertiary/aromatic N) is 3. The molecule has 8 nitrogen and oxygen atoms in total. The summed E-state index contributed by atoms with van der Waals surface area (Å²) < 4.78 is 28.1. The molecule has 2 aromatic carbocycles.